The maximum Gasteiger partial charge on any atom is 0.0761 e. The van der Waals surface area contributed by atoms with E-state index in [0.29, 0.717) is 0 Å². The third-order valence-electron chi connectivity index (χ3n) is 1.28. The van der Waals surface area contributed by atoms with Gasteiger partial charge in [-0.3, -0.25) is 0 Å². The fourth-order valence-electron chi connectivity index (χ4n) is 0.732. The molecule has 0 unspecified atom stereocenters. The van der Waals surface area contributed by atoms with E-state index in [2.05, 4.69) is 0 Å². The van der Waals surface area contributed by atoms with Crippen LogP contribution >= 0.6 is 0 Å². The van der Waals surface area contributed by atoms with Gasteiger partial charge in [-0.2, -0.15) is 0 Å². The maximum absolute atomic E-state index is 9.02. The third kappa shape index (κ3) is 4.28. The number of hydrogen-bond donors (Lipinski definition) is 1. The van der Waals surface area contributed by atoms with E-state index in [4.69, 9.17) is 5.11 Å². The van der Waals surface area contributed by atoms with Gasteiger partial charge in [0.1, 0.15) is 0 Å². The van der Waals surface area contributed by atoms with Gasteiger partial charge in [-0.05, 0) is 12.5 Å². The number of benzene rings is 1. The van der Waals surface area contributed by atoms with Crippen molar-refractivity contribution in [3.8, 4) is 0 Å². The first kappa shape index (κ1) is 13.4. The van der Waals surface area contributed by atoms with Crippen molar-refractivity contribution in [2.45, 2.75) is 13.0 Å². The van der Waals surface area contributed by atoms with E-state index in [0.717, 1.165) is 5.56 Å². The second kappa shape index (κ2) is 6.51. The van der Waals surface area contributed by atoms with Gasteiger partial charge in [-0.25, -0.2) is 0 Å². The Morgan fingerprint density at radius 1 is 1.18 bits per heavy atom. The van der Waals surface area contributed by atoms with Crippen LogP contribution in [-0.2, 0) is 19.5 Å². The Morgan fingerprint density at radius 3 is 1.91 bits per heavy atom. The minimum absolute atomic E-state index is 0. The second-order valence-corrected chi connectivity index (χ2v) is 2.09. The molecule has 0 saturated carbocycles. The molecule has 1 atom stereocenters. The molecule has 11 heavy (non-hydrogen) atoms. The molecular formula is C9H13OZn-. The van der Waals surface area contributed by atoms with E-state index in [1.165, 1.54) is 0 Å². The minimum atomic E-state index is -0.341. The Morgan fingerprint density at radius 2 is 1.64 bits per heavy atom. The zero-order valence-corrected chi connectivity index (χ0v) is 10.1. The molecule has 1 rings (SSSR count). The molecule has 1 aromatic carbocycles. The zero-order chi connectivity index (χ0) is 6.69. The monoisotopic (exact) mass is 201 g/mol. The first-order valence-corrected chi connectivity index (χ1v) is 3.03. The summed E-state index contributed by atoms with van der Waals surface area (Å²) in [4.78, 5) is 0. The molecule has 0 radical (unpaired) electrons. The SMILES string of the molecule is C[C@H](O)c1ccccc1.[CH3-].[Zn]. The molecule has 0 aliphatic heterocycles. The predicted molar refractivity (Wildman–Crippen MR) is 43.5 cm³/mol. The average Bonchev–Trinajstić information content (AvgIpc) is 1.90. The molecule has 0 bridgehead atoms. The fourth-order valence-corrected chi connectivity index (χ4v) is 0.732. The van der Waals surface area contributed by atoms with Crippen LogP contribution in [-0.4, -0.2) is 5.11 Å². The molecule has 0 fully saturated rings. The molecule has 0 aliphatic rings. The summed E-state index contributed by atoms with van der Waals surface area (Å²) in [5.41, 5.74) is 0.970. The molecule has 0 spiro atoms. The smallest absolute Gasteiger partial charge is 0.0761 e. The quantitative estimate of drug-likeness (QED) is 0.547. The number of aliphatic hydroxyl groups is 1. The van der Waals surface area contributed by atoms with E-state index in [9.17, 15) is 0 Å². The van der Waals surface area contributed by atoms with Crippen molar-refractivity contribution in [1.29, 1.82) is 0 Å². The van der Waals surface area contributed by atoms with Crippen molar-refractivity contribution < 1.29 is 24.6 Å². The molecular weight excluding hydrogens is 189 g/mol. The molecule has 1 N–H and O–H groups in total. The molecule has 0 amide bonds. The second-order valence-electron chi connectivity index (χ2n) is 2.09. The van der Waals surface area contributed by atoms with E-state index < -0.39 is 0 Å². The van der Waals surface area contributed by atoms with Gasteiger partial charge in [0.05, 0.1) is 6.10 Å². The standard InChI is InChI=1S/C8H10O.CH3.Zn/c1-7(9)8-5-3-2-4-6-8;;/h2-7,9H,1H3;1H3;/q;-1;/t7-;;/m0../s1. The van der Waals surface area contributed by atoms with Crippen LogP contribution in [0.15, 0.2) is 30.3 Å². The van der Waals surface area contributed by atoms with Gasteiger partial charge in [0.25, 0.3) is 0 Å². The molecule has 1 nitrogen and oxygen atoms in total. The van der Waals surface area contributed by atoms with Crippen LogP contribution in [0.1, 0.15) is 18.6 Å². The summed E-state index contributed by atoms with van der Waals surface area (Å²) in [6, 6.07) is 9.59. The van der Waals surface area contributed by atoms with E-state index in [1.54, 1.807) is 6.92 Å². The zero-order valence-electron chi connectivity index (χ0n) is 7.12. The van der Waals surface area contributed by atoms with Crippen LogP contribution in [0.25, 0.3) is 0 Å². The van der Waals surface area contributed by atoms with Crippen molar-refractivity contribution >= 4 is 0 Å². The Bertz CT molecular complexity index is 172. The first-order valence-electron chi connectivity index (χ1n) is 3.03. The summed E-state index contributed by atoms with van der Waals surface area (Å²) < 4.78 is 0. The van der Waals surface area contributed by atoms with Gasteiger partial charge in [-0.1, -0.05) is 30.3 Å². The summed E-state index contributed by atoms with van der Waals surface area (Å²) in [7, 11) is 0. The van der Waals surface area contributed by atoms with Gasteiger partial charge in [-0.15, -0.1) is 0 Å². The topological polar surface area (TPSA) is 20.2 Å². The maximum atomic E-state index is 9.02. The molecule has 1 aromatic rings. The van der Waals surface area contributed by atoms with Crippen molar-refractivity contribution in [2.75, 3.05) is 0 Å². The van der Waals surface area contributed by atoms with Gasteiger partial charge >= 0.3 is 0 Å². The van der Waals surface area contributed by atoms with Crippen LogP contribution in [0.2, 0.25) is 0 Å². The molecule has 0 saturated heterocycles. The third-order valence-corrected chi connectivity index (χ3v) is 1.28. The molecule has 0 aliphatic carbocycles. The van der Waals surface area contributed by atoms with Crippen LogP contribution in [0, 0.1) is 7.43 Å². The molecule has 58 valence electrons. The Labute approximate surface area is 81.2 Å². The van der Waals surface area contributed by atoms with Gasteiger partial charge in [0.15, 0.2) is 0 Å². The van der Waals surface area contributed by atoms with Crippen molar-refractivity contribution in [2.24, 2.45) is 0 Å². The summed E-state index contributed by atoms with van der Waals surface area (Å²) >= 11 is 0. The number of rotatable bonds is 1. The van der Waals surface area contributed by atoms with Crippen molar-refractivity contribution in [3.05, 3.63) is 43.3 Å². The Hall–Kier alpha value is -0.197. The number of aliphatic hydroxyl groups excluding tert-OH is 1. The van der Waals surface area contributed by atoms with Crippen LogP contribution in [0.4, 0.5) is 0 Å². The average molecular weight is 203 g/mol. The Kier molecular flexibility index (Phi) is 7.93. The molecule has 2 heteroatoms. The summed E-state index contributed by atoms with van der Waals surface area (Å²) in [6.07, 6.45) is -0.341. The number of hydrogen-bond acceptors (Lipinski definition) is 1. The van der Waals surface area contributed by atoms with Crippen LogP contribution in [0.5, 0.6) is 0 Å². The Balaban J connectivity index is 0. The van der Waals surface area contributed by atoms with Crippen LogP contribution in [0.3, 0.4) is 0 Å². The van der Waals surface area contributed by atoms with E-state index in [1.807, 2.05) is 30.3 Å². The minimum Gasteiger partial charge on any atom is -0.389 e. The van der Waals surface area contributed by atoms with Crippen LogP contribution < -0.4 is 0 Å². The van der Waals surface area contributed by atoms with E-state index in [-0.39, 0.29) is 33.0 Å². The molecule has 0 heterocycles. The fraction of sp³-hybridized carbons (Fsp3) is 0.222. The first-order chi connectivity index (χ1) is 4.30. The van der Waals surface area contributed by atoms with E-state index >= 15 is 0 Å². The largest absolute Gasteiger partial charge is 0.389 e. The van der Waals surface area contributed by atoms with Gasteiger partial charge in [0, 0.05) is 19.5 Å². The van der Waals surface area contributed by atoms with Crippen molar-refractivity contribution in [3.63, 3.8) is 0 Å². The van der Waals surface area contributed by atoms with Crippen molar-refractivity contribution in [1.82, 2.24) is 0 Å². The van der Waals surface area contributed by atoms with Gasteiger partial charge < -0.3 is 12.5 Å². The normalized spacial score (nSPS) is 10.7. The van der Waals surface area contributed by atoms with Gasteiger partial charge in [0.2, 0.25) is 0 Å². The summed E-state index contributed by atoms with van der Waals surface area (Å²) in [5.74, 6) is 0. The summed E-state index contributed by atoms with van der Waals surface area (Å²) in [6.45, 7) is 1.76. The predicted octanol–water partition coefficient (Wildman–Crippen LogP) is 2.19. The molecule has 0 aromatic heterocycles. The summed E-state index contributed by atoms with van der Waals surface area (Å²) in [5, 5.41) is 9.02.